The summed E-state index contributed by atoms with van der Waals surface area (Å²) in [6, 6.07) is 0. The van der Waals surface area contributed by atoms with Crippen LogP contribution in [0.5, 0.6) is 0 Å². The molecule has 0 spiro atoms. The van der Waals surface area contributed by atoms with Gasteiger partial charge in [-0.15, -0.1) is 0 Å². The molecule has 0 aromatic carbocycles. The van der Waals surface area contributed by atoms with Gasteiger partial charge >= 0.3 is 24.0 Å². The molecule has 0 aromatic heterocycles. The molecular weight excluding hydrogens is 760 g/mol. The minimum atomic E-state index is -1.02. The number of carbonyl (C=O) groups is 5. The van der Waals surface area contributed by atoms with Crippen molar-refractivity contribution in [1.82, 2.24) is 30.2 Å². The van der Waals surface area contributed by atoms with Crippen LogP contribution in [0.25, 0.3) is 0 Å². The highest BCUT2D eigenvalue weighted by atomic mass is 16.7. The number of fused-ring (bicyclic) bond motifs is 1. The van der Waals surface area contributed by atoms with E-state index in [2.05, 4.69) is 22.8 Å². The summed E-state index contributed by atoms with van der Waals surface area (Å²) < 4.78 is 29.3. The average Bonchev–Trinajstić information content (AvgIpc) is 3.49. The molecule has 3 rings (SSSR count). The number of nitrogens with zero attached hydrogens (tertiary/aromatic N) is 4. The zero-order valence-corrected chi connectivity index (χ0v) is 34.9. The van der Waals surface area contributed by atoms with Crippen LogP contribution >= 0.6 is 0 Å². The number of carboxylic acids is 3. The summed E-state index contributed by atoms with van der Waals surface area (Å²) in [6.07, 6.45) is 8.06. The molecule has 0 bridgehead atoms. The molecule has 0 radical (unpaired) electrons. The fourth-order valence-electron chi connectivity index (χ4n) is 6.88. The quantitative estimate of drug-likeness (QED) is 0.0800. The minimum absolute atomic E-state index is 0.0248. The second-order valence-electron chi connectivity index (χ2n) is 16.3. The van der Waals surface area contributed by atoms with Gasteiger partial charge in [0.05, 0.1) is 62.8 Å². The molecule has 0 saturated carbocycles. The fourth-order valence-corrected chi connectivity index (χ4v) is 6.88. The van der Waals surface area contributed by atoms with Gasteiger partial charge in [-0.05, 0) is 66.2 Å². The monoisotopic (exact) mass is 828 g/mol. The van der Waals surface area contributed by atoms with E-state index in [0.29, 0.717) is 78.4 Å². The van der Waals surface area contributed by atoms with Crippen molar-refractivity contribution in [3.05, 3.63) is 12.2 Å². The number of ether oxygens (including phenoxy) is 5. The Balaban J connectivity index is 1.34. The van der Waals surface area contributed by atoms with E-state index in [0.717, 1.165) is 25.7 Å². The van der Waals surface area contributed by atoms with E-state index in [-0.39, 0.29) is 64.1 Å². The third-order valence-electron chi connectivity index (χ3n) is 10.3. The van der Waals surface area contributed by atoms with E-state index < -0.39 is 41.5 Å². The Labute approximate surface area is 342 Å². The van der Waals surface area contributed by atoms with Gasteiger partial charge in [0, 0.05) is 65.4 Å². The zero-order valence-electron chi connectivity index (χ0n) is 34.9. The van der Waals surface area contributed by atoms with Crippen LogP contribution in [0.2, 0.25) is 0 Å². The topological polar surface area (TPSA) is 229 Å². The van der Waals surface area contributed by atoms with E-state index in [1.165, 1.54) is 0 Å². The molecule has 332 valence electrons. The first-order valence-electron chi connectivity index (χ1n) is 20.4. The van der Waals surface area contributed by atoms with Gasteiger partial charge in [-0.2, -0.15) is 0 Å². The minimum Gasteiger partial charge on any atom is -0.480 e. The summed E-state index contributed by atoms with van der Waals surface area (Å²) in [6.45, 7) is 11.0. The van der Waals surface area contributed by atoms with E-state index in [1.807, 2.05) is 32.6 Å². The summed E-state index contributed by atoms with van der Waals surface area (Å²) in [5.41, 5.74) is -1.07. The maximum atomic E-state index is 13.1. The Bertz CT molecular complexity index is 1280. The van der Waals surface area contributed by atoms with Gasteiger partial charge in [-0.25, -0.2) is 4.79 Å². The van der Waals surface area contributed by atoms with Gasteiger partial charge in [-0.1, -0.05) is 12.2 Å². The summed E-state index contributed by atoms with van der Waals surface area (Å²) in [5, 5.41) is 33.9. The highest BCUT2D eigenvalue weighted by molar-refractivity contribution is 5.78. The first-order valence-corrected chi connectivity index (χ1v) is 20.4. The van der Waals surface area contributed by atoms with Gasteiger partial charge in [0.15, 0.2) is 6.29 Å². The lowest BCUT2D eigenvalue weighted by atomic mass is 10.0. The Hall–Kier alpha value is -3.43. The van der Waals surface area contributed by atoms with Crippen molar-refractivity contribution in [2.24, 2.45) is 0 Å². The van der Waals surface area contributed by atoms with Crippen molar-refractivity contribution >= 4 is 29.9 Å². The molecule has 19 nitrogen and oxygen atoms in total. The molecule has 3 atom stereocenters. The molecule has 2 aliphatic heterocycles. The van der Waals surface area contributed by atoms with Crippen LogP contribution < -0.4 is 10.6 Å². The Morgan fingerprint density at radius 3 is 1.52 bits per heavy atom. The molecule has 2 amide bonds. The van der Waals surface area contributed by atoms with Gasteiger partial charge < -0.3 is 49.6 Å². The molecule has 58 heavy (non-hydrogen) atoms. The Kier molecular flexibility index (Phi) is 21.3. The predicted molar refractivity (Wildman–Crippen MR) is 211 cm³/mol. The molecule has 0 aromatic rings. The van der Waals surface area contributed by atoms with Crippen LogP contribution in [-0.2, 0) is 42.9 Å². The van der Waals surface area contributed by atoms with Gasteiger partial charge in [0.1, 0.15) is 6.61 Å². The normalized spacial score (nSPS) is 23.0. The molecule has 19 heteroatoms. The van der Waals surface area contributed by atoms with E-state index >= 15 is 0 Å². The largest absolute Gasteiger partial charge is 0.480 e. The number of carboxylic acid groups (broad SMARTS) is 3. The third-order valence-corrected chi connectivity index (χ3v) is 10.3. The standard InChI is InChI=1S/C39H68N6O13/c1-38(2,55-23-12-39(3,4)56-24-14-41-37(53)54-29-36-57-30-9-7-5-6-8-10-31(30)58-36)11-13-40-32(46)25-42-15-17-43(26-33(47)48)19-21-45(28-35(51)52)22-20-44(18-16-42)27-34(49)50/h5-6,30-31,36H,7-29H2,1-4H3,(H,40,46)(H,41,53)(H,47,48)(H,49,50)(H,51,52)/b6-5+/t30-,31+,36?. The molecule has 5 N–H and O–H groups in total. The number of aliphatic carboxylic acids is 3. The lowest BCUT2D eigenvalue weighted by Crippen LogP contribution is -2.50. The maximum Gasteiger partial charge on any atom is 0.407 e. The summed E-state index contributed by atoms with van der Waals surface area (Å²) in [5.74, 6) is -3.26. The summed E-state index contributed by atoms with van der Waals surface area (Å²) >= 11 is 0. The second-order valence-corrected chi connectivity index (χ2v) is 16.3. The number of alkyl carbamates (subject to hydrolysis) is 1. The zero-order chi connectivity index (χ0) is 42.6. The molecule has 2 saturated heterocycles. The lowest BCUT2D eigenvalue weighted by molar-refractivity contribution is -0.140. The number of hydrogen-bond acceptors (Lipinski definition) is 14. The first-order chi connectivity index (χ1) is 27.5. The van der Waals surface area contributed by atoms with Crippen molar-refractivity contribution in [2.45, 2.75) is 95.9 Å². The highest BCUT2D eigenvalue weighted by Gasteiger charge is 2.36. The SMILES string of the molecule is CC(C)(CCNC(=O)CN1CCN(CC(=O)O)CCN(CC(=O)O)CCN(CC(=O)O)CC1)OCCC(C)(C)OCCNC(=O)OCC1O[C@H]2CC/C=C/CC[C@H]2O1. The van der Waals surface area contributed by atoms with Crippen LogP contribution in [0.3, 0.4) is 0 Å². The fraction of sp³-hybridized carbons (Fsp3) is 0.821. The Morgan fingerprint density at radius 2 is 1.05 bits per heavy atom. The van der Waals surface area contributed by atoms with E-state index in [9.17, 15) is 39.3 Å². The lowest BCUT2D eigenvalue weighted by Gasteiger charge is -2.33. The molecule has 1 aliphatic carbocycles. The van der Waals surface area contributed by atoms with Crippen molar-refractivity contribution in [3.63, 3.8) is 0 Å². The average molecular weight is 829 g/mol. The molecule has 1 unspecified atom stereocenters. The van der Waals surface area contributed by atoms with Crippen LogP contribution in [0.15, 0.2) is 12.2 Å². The summed E-state index contributed by atoms with van der Waals surface area (Å²) in [4.78, 5) is 66.8. The van der Waals surface area contributed by atoms with Gasteiger partial charge in [-0.3, -0.25) is 38.8 Å². The molecule has 2 heterocycles. The van der Waals surface area contributed by atoms with Crippen LogP contribution in [-0.4, -0.2) is 206 Å². The van der Waals surface area contributed by atoms with Crippen molar-refractivity contribution in [2.75, 3.05) is 111 Å². The van der Waals surface area contributed by atoms with Crippen LogP contribution in [0.1, 0.15) is 66.2 Å². The smallest absolute Gasteiger partial charge is 0.407 e. The number of nitrogens with one attached hydrogen (secondary N) is 2. The predicted octanol–water partition coefficient (Wildman–Crippen LogP) is 0.915. The first kappa shape index (κ1) is 48.9. The van der Waals surface area contributed by atoms with E-state index in [4.69, 9.17) is 23.7 Å². The number of carbonyl (C=O) groups excluding carboxylic acids is 2. The maximum absolute atomic E-state index is 13.1. The van der Waals surface area contributed by atoms with Crippen molar-refractivity contribution < 1.29 is 63.0 Å². The molecular formula is C39H68N6O13. The second kappa shape index (κ2) is 25.3. The van der Waals surface area contributed by atoms with Crippen molar-refractivity contribution in [3.8, 4) is 0 Å². The number of allylic oxidation sites excluding steroid dienone is 2. The van der Waals surface area contributed by atoms with Crippen LogP contribution in [0, 0.1) is 0 Å². The van der Waals surface area contributed by atoms with Gasteiger partial charge in [0.25, 0.3) is 0 Å². The number of amides is 2. The van der Waals surface area contributed by atoms with E-state index in [1.54, 1.807) is 14.7 Å². The third kappa shape index (κ3) is 21.0. The number of hydrogen-bond donors (Lipinski definition) is 5. The van der Waals surface area contributed by atoms with Gasteiger partial charge in [0.2, 0.25) is 5.91 Å². The Morgan fingerprint density at radius 1 is 0.621 bits per heavy atom. The highest BCUT2D eigenvalue weighted by Crippen LogP contribution is 2.28. The number of rotatable bonds is 21. The summed E-state index contributed by atoms with van der Waals surface area (Å²) in [7, 11) is 0. The van der Waals surface area contributed by atoms with Crippen molar-refractivity contribution in [1.29, 1.82) is 0 Å². The van der Waals surface area contributed by atoms with Crippen LogP contribution in [0.4, 0.5) is 4.79 Å². The molecule has 3 aliphatic rings. The molecule has 2 fully saturated rings.